The summed E-state index contributed by atoms with van der Waals surface area (Å²) in [5, 5.41) is 3.23. The topological polar surface area (TPSA) is 63.2 Å². The van der Waals surface area contributed by atoms with E-state index in [1.807, 2.05) is 6.92 Å². The van der Waals surface area contributed by atoms with Gasteiger partial charge in [-0.1, -0.05) is 6.92 Å². The predicted molar refractivity (Wildman–Crippen MR) is 64.2 cm³/mol. The van der Waals surface area contributed by atoms with Crippen molar-refractivity contribution >= 4 is 15.6 Å². The summed E-state index contributed by atoms with van der Waals surface area (Å²) in [7, 11) is -3.03. The summed E-state index contributed by atoms with van der Waals surface area (Å²) in [5.41, 5.74) is -0.317. The van der Waals surface area contributed by atoms with E-state index in [0.29, 0.717) is 6.54 Å². The minimum absolute atomic E-state index is 0.0203. The number of hydrogen-bond donors (Lipinski definition) is 1. The predicted octanol–water partition coefficient (Wildman–Crippen LogP) is 0.770. The van der Waals surface area contributed by atoms with Crippen LogP contribution in [0.2, 0.25) is 0 Å². The van der Waals surface area contributed by atoms with Gasteiger partial charge in [-0.15, -0.1) is 0 Å². The van der Waals surface area contributed by atoms with Crippen LogP contribution in [0.15, 0.2) is 0 Å². The molecule has 0 spiro atoms. The van der Waals surface area contributed by atoms with Crippen molar-refractivity contribution in [3.63, 3.8) is 0 Å². The molecule has 0 aliphatic carbocycles. The maximum atomic E-state index is 12.1. The van der Waals surface area contributed by atoms with E-state index in [1.165, 1.54) is 6.26 Å². The molecule has 1 N–H and O–H groups in total. The smallest absolute Gasteiger partial charge is 0.147 e. The molecular formula is C11H21NO3S. The number of carbonyl (C=O) groups excluding carboxylic acids is 1. The molecule has 1 fully saturated rings. The number of piperidine rings is 1. The molecule has 5 heteroatoms. The molecule has 1 aliphatic heterocycles. The van der Waals surface area contributed by atoms with Gasteiger partial charge in [-0.2, -0.15) is 0 Å². The third-order valence-corrected chi connectivity index (χ3v) is 4.39. The van der Waals surface area contributed by atoms with Crippen LogP contribution in [0.1, 0.15) is 32.6 Å². The first-order chi connectivity index (χ1) is 7.40. The number of hydrogen-bond acceptors (Lipinski definition) is 4. The summed E-state index contributed by atoms with van der Waals surface area (Å²) in [6.45, 7) is 3.67. The Balaban J connectivity index is 2.62. The SMILES string of the molecule is CCC1(C(=O)CCS(C)(=O)=O)CCCNC1. The fourth-order valence-electron chi connectivity index (χ4n) is 2.25. The summed E-state index contributed by atoms with van der Waals surface area (Å²) in [6, 6.07) is 0. The Kier molecular flexibility index (Phi) is 4.50. The van der Waals surface area contributed by atoms with E-state index in [9.17, 15) is 13.2 Å². The lowest BCUT2D eigenvalue weighted by atomic mass is 9.74. The second-order valence-corrected chi connectivity index (χ2v) is 6.98. The Bertz CT molecular complexity index is 342. The minimum atomic E-state index is -3.03. The molecule has 0 bridgehead atoms. The molecule has 1 atom stereocenters. The lowest BCUT2D eigenvalue weighted by Gasteiger charge is -2.35. The highest BCUT2D eigenvalue weighted by molar-refractivity contribution is 7.90. The second-order valence-electron chi connectivity index (χ2n) is 4.72. The number of Topliss-reactive ketones (excluding diaryl/α,β-unsaturated/α-hetero) is 1. The summed E-state index contributed by atoms with van der Waals surface area (Å²) in [4.78, 5) is 12.1. The van der Waals surface area contributed by atoms with Gasteiger partial charge in [-0.25, -0.2) is 8.42 Å². The maximum absolute atomic E-state index is 12.1. The van der Waals surface area contributed by atoms with Crippen molar-refractivity contribution in [3.8, 4) is 0 Å². The van der Waals surface area contributed by atoms with Gasteiger partial charge in [-0.05, 0) is 25.8 Å². The monoisotopic (exact) mass is 247 g/mol. The second kappa shape index (κ2) is 5.27. The van der Waals surface area contributed by atoms with E-state index >= 15 is 0 Å². The molecule has 1 heterocycles. The van der Waals surface area contributed by atoms with Gasteiger partial charge in [-0.3, -0.25) is 4.79 Å². The van der Waals surface area contributed by atoms with E-state index in [0.717, 1.165) is 25.8 Å². The Labute approximate surface area is 97.7 Å². The summed E-state index contributed by atoms with van der Waals surface area (Å²) >= 11 is 0. The summed E-state index contributed by atoms with van der Waals surface area (Å²) in [6.07, 6.45) is 4.02. The van der Waals surface area contributed by atoms with E-state index in [2.05, 4.69) is 5.32 Å². The van der Waals surface area contributed by atoms with Crippen LogP contribution < -0.4 is 5.32 Å². The van der Waals surface area contributed by atoms with Crippen molar-refractivity contribution in [1.29, 1.82) is 0 Å². The molecule has 1 saturated heterocycles. The zero-order valence-corrected chi connectivity index (χ0v) is 10.9. The van der Waals surface area contributed by atoms with Gasteiger partial charge in [0, 0.05) is 24.6 Å². The van der Waals surface area contributed by atoms with Gasteiger partial charge < -0.3 is 5.32 Å². The minimum Gasteiger partial charge on any atom is -0.316 e. The molecule has 16 heavy (non-hydrogen) atoms. The van der Waals surface area contributed by atoms with Gasteiger partial charge >= 0.3 is 0 Å². The first-order valence-corrected chi connectivity index (χ1v) is 7.87. The van der Waals surface area contributed by atoms with Crippen LogP contribution in [0.5, 0.6) is 0 Å². The highest BCUT2D eigenvalue weighted by Gasteiger charge is 2.37. The van der Waals surface area contributed by atoms with Gasteiger partial charge in [0.1, 0.15) is 15.6 Å². The lowest BCUT2D eigenvalue weighted by molar-refractivity contribution is -0.129. The molecule has 1 rings (SSSR count). The summed E-state index contributed by atoms with van der Waals surface area (Å²) in [5.74, 6) is 0.0840. The average molecular weight is 247 g/mol. The molecule has 1 unspecified atom stereocenters. The van der Waals surface area contributed by atoms with Gasteiger partial charge in [0.05, 0.1) is 5.75 Å². The fourth-order valence-corrected chi connectivity index (χ4v) is 2.80. The number of carbonyl (C=O) groups is 1. The lowest BCUT2D eigenvalue weighted by Crippen LogP contribution is -2.45. The first-order valence-electron chi connectivity index (χ1n) is 5.81. The molecule has 94 valence electrons. The Morgan fingerprint density at radius 2 is 2.12 bits per heavy atom. The van der Waals surface area contributed by atoms with Crippen LogP contribution >= 0.6 is 0 Å². The van der Waals surface area contributed by atoms with Crippen molar-refractivity contribution < 1.29 is 13.2 Å². The van der Waals surface area contributed by atoms with Crippen LogP contribution in [0, 0.1) is 5.41 Å². The van der Waals surface area contributed by atoms with Gasteiger partial charge in [0.15, 0.2) is 0 Å². The Morgan fingerprint density at radius 1 is 1.44 bits per heavy atom. The fraction of sp³-hybridized carbons (Fsp3) is 0.909. The van der Waals surface area contributed by atoms with E-state index in [-0.39, 0.29) is 23.4 Å². The number of ketones is 1. The third kappa shape index (κ3) is 3.56. The van der Waals surface area contributed by atoms with Crippen LogP contribution in [-0.4, -0.2) is 39.3 Å². The van der Waals surface area contributed by atoms with Crippen molar-refractivity contribution in [1.82, 2.24) is 5.32 Å². The maximum Gasteiger partial charge on any atom is 0.147 e. The highest BCUT2D eigenvalue weighted by atomic mass is 32.2. The normalized spacial score (nSPS) is 26.6. The molecule has 0 aromatic carbocycles. The van der Waals surface area contributed by atoms with Crippen LogP contribution in [0.4, 0.5) is 0 Å². The first kappa shape index (κ1) is 13.6. The standard InChI is InChI=1S/C11H21NO3S/c1-3-11(6-4-7-12-9-11)10(13)5-8-16(2,14)15/h12H,3-9H2,1-2H3. The average Bonchev–Trinajstić information content (AvgIpc) is 2.25. The third-order valence-electron chi connectivity index (χ3n) is 3.44. The van der Waals surface area contributed by atoms with Gasteiger partial charge in [0.25, 0.3) is 0 Å². The van der Waals surface area contributed by atoms with Crippen molar-refractivity contribution in [3.05, 3.63) is 0 Å². The van der Waals surface area contributed by atoms with E-state index < -0.39 is 9.84 Å². The van der Waals surface area contributed by atoms with E-state index in [4.69, 9.17) is 0 Å². The van der Waals surface area contributed by atoms with Crippen molar-refractivity contribution in [2.24, 2.45) is 5.41 Å². The molecule has 0 aromatic rings. The van der Waals surface area contributed by atoms with Crippen molar-refractivity contribution in [2.45, 2.75) is 32.6 Å². The molecule has 1 aliphatic rings. The largest absolute Gasteiger partial charge is 0.316 e. The molecule has 0 amide bonds. The van der Waals surface area contributed by atoms with E-state index in [1.54, 1.807) is 0 Å². The Morgan fingerprint density at radius 3 is 2.56 bits per heavy atom. The van der Waals surface area contributed by atoms with Crippen LogP contribution in [-0.2, 0) is 14.6 Å². The number of sulfone groups is 1. The highest BCUT2D eigenvalue weighted by Crippen LogP contribution is 2.32. The number of rotatable bonds is 5. The zero-order chi connectivity index (χ0) is 12.2. The number of nitrogens with one attached hydrogen (secondary N) is 1. The molecule has 4 nitrogen and oxygen atoms in total. The van der Waals surface area contributed by atoms with Gasteiger partial charge in [0.2, 0.25) is 0 Å². The molecule has 0 aromatic heterocycles. The summed E-state index contributed by atoms with van der Waals surface area (Å²) < 4.78 is 22.1. The molecular weight excluding hydrogens is 226 g/mol. The Hall–Kier alpha value is -0.420. The zero-order valence-electron chi connectivity index (χ0n) is 10.1. The van der Waals surface area contributed by atoms with Crippen molar-refractivity contribution in [2.75, 3.05) is 25.1 Å². The molecule has 0 radical (unpaired) electrons. The molecule has 0 saturated carbocycles. The quantitative estimate of drug-likeness (QED) is 0.779. The van der Waals surface area contributed by atoms with Crippen LogP contribution in [0.25, 0.3) is 0 Å². The van der Waals surface area contributed by atoms with Crippen LogP contribution in [0.3, 0.4) is 0 Å².